The van der Waals surface area contributed by atoms with Gasteiger partial charge < -0.3 is 10.6 Å². The van der Waals surface area contributed by atoms with Crippen LogP contribution < -0.4 is 5.73 Å². The zero-order valence-electron chi connectivity index (χ0n) is 13.0. The summed E-state index contributed by atoms with van der Waals surface area (Å²) in [6.45, 7) is 7.20. The van der Waals surface area contributed by atoms with Gasteiger partial charge in [-0.25, -0.2) is 0 Å². The van der Waals surface area contributed by atoms with Gasteiger partial charge in [0.2, 0.25) is 5.91 Å². The van der Waals surface area contributed by atoms with Crippen molar-refractivity contribution in [1.82, 2.24) is 4.90 Å². The van der Waals surface area contributed by atoms with E-state index >= 15 is 0 Å². The van der Waals surface area contributed by atoms with Crippen LogP contribution in [0.25, 0.3) is 0 Å². The first-order valence-electron chi connectivity index (χ1n) is 8.10. The Hall–Kier alpha value is -0.280. The average Bonchev–Trinajstić information content (AvgIpc) is 2.85. The van der Waals surface area contributed by atoms with Crippen LogP contribution in [-0.4, -0.2) is 30.4 Å². The molecule has 1 unspecified atom stereocenters. The van der Waals surface area contributed by atoms with E-state index in [4.69, 9.17) is 5.73 Å². The highest BCUT2D eigenvalue weighted by Gasteiger charge is 2.36. The predicted molar refractivity (Wildman–Crippen MR) is 85.9 cm³/mol. The molecule has 1 saturated heterocycles. The van der Waals surface area contributed by atoms with Crippen molar-refractivity contribution >= 4 is 18.3 Å². The number of carbonyl (C=O) groups is 1. The molecule has 0 aromatic heterocycles. The smallest absolute Gasteiger partial charge is 0.226 e. The maximum atomic E-state index is 12.7. The van der Waals surface area contributed by atoms with E-state index in [1.165, 1.54) is 25.7 Å². The molecule has 1 saturated carbocycles. The van der Waals surface area contributed by atoms with Crippen molar-refractivity contribution < 1.29 is 4.79 Å². The number of nitrogens with zero attached hydrogens (tertiary/aromatic N) is 1. The van der Waals surface area contributed by atoms with E-state index in [2.05, 4.69) is 18.7 Å². The first kappa shape index (κ1) is 17.8. The van der Waals surface area contributed by atoms with Gasteiger partial charge >= 0.3 is 0 Å². The monoisotopic (exact) mass is 302 g/mol. The molecule has 4 heteroatoms. The van der Waals surface area contributed by atoms with Gasteiger partial charge in [0.1, 0.15) is 0 Å². The molecule has 1 aliphatic heterocycles. The number of halogens is 1. The molecule has 1 heterocycles. The number of amides is 1. The minimum Gasteiger partial charge on any atom is -0.342 e. The fraction of sp³-hybridized carbons (Fsp3) is 0.938. The first-order chi connectivity index (χ1) is 9.11. The molecule has 2 fully saturated rings. The standard InChI is InChI=1S/C16H30N2O.ClH/c1-12(2)9-13-5-4-8-18(11-13)16(19)15-7-3-6-14(15)10-17;/h12-15H,3-11,17H2,1-2H3;1H/t13?,14-,15-;/m1./s1. The second kappa shape index (κ2) is 8.23. The average molecular weight is 303 g/mol. The number of hydrogen-bond donors (Lipinski definition) is 1. The third kappa shape index (κ3) is 4.36. The quantitative estimate of drug-likeness (QED) is 0.867. The number of rotatable bonds is 4. The molecule has 0 aromatic rings. The molecule has 2 N–H and O–H groups in total. The van der Waals surface area contributed by atoms with Crippen molar-refractivity contribution in [2.24, 2.45) is 29.4 Å². The van der Waals surface area contributed by atoms with Crippen LogP contribution >= 0.6 is 12.4 Å². The van der Waals surface area contributed by atoms with E-state index in [1.807, 2.05) is 0 Å². The lowest BCUT2D eigenvalue weighted by Crippen LogP contribution is -2.44. The van der Waals surface area contributed by atoms with Gasteiger partial charge in [-0.15, -0.1) is 12.4 Å². The van der Waals surface area contributed by atoms with Crippen LogP contribution in [0, 0.1) is 23.7 Å². The van der Waals surface area contributed by atoms with Gasteiger partial charge in [-0.3, -0.25) is 4.79 Å². The SMILES string of the molecule is CC(C)CC1CCCN(C(=O)[C@@H]2CCC[C@@H]2CN)C1.Cl. The summed E-state index contributed by atoms with van der Waals surface area (Å²) in [5.41, 5.74) is 5.81. The molecule has 3 atom stereocenters. The van der Waals surface area contributed by atoms with Gasteiger partial charge in [-0.1, -0.05) is 20.3 Å². The van der Waals surface area contributed by atoms with Crippen LogP contribution in [0.4, 0.5) is 0 Å². The molecule has 1 aliphatic carbocycles. The van der Waals surface area contributed by atoms with Gasteiger partial charge in [0, 0.05) is 19.0 Å². The van der Waals surface area contributed by atoms with Crippen molar-refractivity contribution in [1.29, 1.82) is 0 Å². The number of likely N-dealkylation sites (tertiary alicyclic amines) is 1. The van der Waals surface area contributed by atoms with Gasteiger partial charge in [0.05, 0.1) is 0 Å². The van der Waals surface area contributed by atoms with Gasteiger partial charge in [-0.2, -0.15) is 0 Å². The van der Waals surface area contributed by atoms with E-state index in [9.17, 15) is 4.79 Å². The first-order valence-corrected chi connectivity index (χ1v) is 8.10. The van der Waals surface area contributed by atoms with E-state index in [1.54, 1.807) is 0 Å². The van der Waals surface area contributed by atoms with Crippen molar-refractivity contribution in [3.63, 3.8) is 0 Å². The highest BCUT2D eigenvalue weighted by Crippen LogP contribution is 2.34. The maximum absolute atomic E-state index is 12.7. The number of hydrogen-bond acceptors (Lipinski definition) is 2. The largest absolute Gasteiger partial charge is 0.342 e. The fourth-order valence-electron chi connectivity index (χ4n) is 4.00. The Morgan fingerprint density at radius 3 is 2.65 bits per heavy atom. The van der Waals surface area contributed by atoms with Gasteiger partial charge in [0.15, 0.2) is 0 Å². The van der Waals surface area contributed by atoms with E-state index in [0.29, 0.717) is 18.4 Å². The minimum atomic E-state index is 0. The molecule has 2 aliphatic rings. The molecule has 118 valence electrons. The number of carbonyl (C=O) groups excluding carboxylic acids is 1. The van der Waals surface area contributed by atoms with Crippen LogP contribution in [0.1, 0.15) is 52.4 Å². The lowest BCUT2D eigenvalue weighted by atomic mass is 9.88. The number of piperidine rings is 1. The van der Waals surface area contributed by atoms with Crippen LogP contribution in [0.5, 0.6) is 0 Å². The Bertz CT molecular complexity index is 309. The lowest BCUT2D eigenvalue weighted by Gasteiger charge is -2.36. The van der Waals surface area contributed by atoms with Crippen molar-refractivity contribution in [3.05, 3.63) is 0 Å². The zero-order chi connectivity index (χ0) is 13.8. The fourth-order valence-corrected chi connectivity index (χ4v) is 4.00. The van der Waals surface area contributed by atoms with Crippen molar-refractivity contribution in [2.45, 2.75) is 52.4 Å². The Morgan fingerprint density at radius 2 is 2.00 bits per heavy atom. The van der Waals surface area contributed by atoms with E-state index in [-0.39, 0.29) is 18.3 Å². The molecule has 0 aromatic carbocycles. The van der Waals surface area contributed by atoms with Crippen molar-refractivity contribution in [3.8, 4) is 0 Å². The molecule has 0 radical (unpaired) electrons. The Morgan fingerprint density at radius 1 is 1.25 bits per heavy atom. The predicted octanol–water partition coefficient (Wildman–Crippen LogP) is 3.07. The lowest BCUT2D eigenvalue weighted by molar-refractivity contribution is -0.138. The Balaban J connectivity index is 0.00000200. The van der Waals surface area contributed by atoms with E-state index in [0.717, 1.165) is 37.8 Å². The summed E-state index contributed by atoms with van der Waals surface area (Å²) in [6.07, 6.45) is 7.13. The van der Waals surface area contributed by atoms with Gasteiger partial charge in [0.25, 0.3) is 0 Å². The molecular formula is C16H31ClN2O. The zero-order valence-corrected chi connectivity index (χ0v) is 13.8. The summed E-state index contributed by atoms with van der Waals surface area (Å²) in [7, 11) is 0. The molecule has 3 nitrogen and oxygen atoms in total. The minimum absolute atomic E-state index is 0. The summed E-state index contributed by atoms with van der Waals surface area (Å²) in [5.74, 6) is 2.53. The van der Waals surface area contributed by atoms with Crippen LogP contribution in [0.3, 0.4) is 0 Å². The summed E-state index contributed by atoms with van der Waals surface area (Å²) in [6, 6.07) is 0. The highest BCUT2D eigenvalue weighted by molar-refractivity contribution is 5.85. The van der Waals surface area contributed by atoms with E-state index < -0.39 is 0 Å². The second-order valence-corrected chi connectivity index (χ2v) is 6.96. The Labute approximate surface area is 130 Å². The summed E-state index contributed by atoms with van der Waals surface area (Å²) in [4.78, 5) is 14.8. The van der Waals surface area contributed by atoms with Crippen molar-refractivity contribution in [2.75, 3.05) is 19.6 Å². The normalized spacial score (nSPS) is 30.4. The second-order valence-electron chi connectivity index (χ2n) is 6.96. The third-order valence-electron chi connectivity index (χ3n) is 4.91. The summed E-state index contributed by atoms with van der Waals surface area (Å²) < 4.78 is 0. The maximum Gasteiger partial charge on any atom is 0.226 e. The Kier molecular flexibility index (Phi) is 7.32. The molecule has 2 rings (SSSR count). The molecule has 20 heavy (non-hydrogen) atoms. The van der Waals surface area contributed by atoms with Crippen LogP contribution in [0.2, 0.25) is 0 Å². The highest BCUT2D eigenvalue weighted by atomic mass is 35.5. The number of nitrogens with two attached hydrogens (primary N) is 1. The van der Waals surface area contributed by atoms with Crippen LogP contribution in [-0.2, 0) is 4.79 Å². The molecule has 0 spiro atoms. The summed E-state index contributed by atoms with van der Waals surface area (Å²) >= 11 is 0. The topological polar surface area (TPSA) is 46.3 Å². The molecule has 0 bridgehead atoms. The molecular weight excluding hydrogens is 272 g/mol. The third-order valence-corrected chi connectivity index (χ3v) is 4.91. The van der Waals surface area contributed by atoms with Gasteiger partial charge in [-0.05, 0) is 56.4 Å². The van der Waals surface area contributed by atoms with Crippen LogP contribution in [0.15, 0.2) is 0 Å². The summed E-state index contributed by atoms with van der Waals surface area (Å²) in [5, 5.41) is 0. The molecule has 1 amide bonds.